The molecule has 0 atom stereocenters. The highest BCUT2D eigenvalue weighted by molar-refractivity contribution is 5.95. The van der Waals surface area contributed by atoms with E-state index in [1.165, 1.54) is 0 Å². The average Bonchev–Trinajstić information content (AvgIpc) is 2.72. The number of fused-ring (bicyclic) bond motifs is 2. The van der Waals surface area contributed by atoms with Crippen LogP contribution in [0.5, 0.6) is 11.5 Å². The van der Waals surface area contributed by atoms with E-state index in [0.29, 0.717) is 0 Å². The summed E-state index contributed by atoms with van der Waals surface area (Å²) in [5, 5.41) is 0. The Morgan fingerprint density at radius 1 is 0.682 bits per heavy atom. The first kappa shape index (κ1) is 12.7. The molecule has 0 fully saturated rings. The summed E-state index contributed by atoms with van der Waals surface area (Å²) in [5.74, 6) is 1.75. The summed E-state index contributed by atoms with van der Waals surface area (Å²) in [6, 6.07) is 24.1. The van der Waals surface area contributed by atoms with Crippen LogP contribution in [0.15, 0.2) is 72.8 Å². The largest absolute Gasteiger partial charge is 0.456 e. The lowest BCUT2D eigenvalue weighted by molar-refractivity contribution is 0.481. The number of ether oxygens (including phenoxy) is 1. The molecule has 0 saturated heterocycles. The molecule has 1 aliphatic heterocycles. The predicted molar refractivity (Wildman–Crippen MR) is 90.8 cm³/mol. The second-order valence-electron chi connectivity index (χ2n) is 5.32. The third-order valence-corrected chi connectivity index (χ3v) is 3.84. The lowest BCUT2D eigenvalue weighted by Crippen LogP contribution is -1.91. The fraction of sp³-hybridized carbons (Fsp3) is 0. The molecule has 3 aromatic rings. The van der Waals surface area contributed by atoms with Gasteiger partial charge in [0, 0.05) is 16.8 Å². The molecule has 2 nitrogen and oxygen atoms in total. The van der Waals surface area contributed by atoms with Crippen molar-refractivity contribution >= 4 is 17.3 Å². The Hall–Kier alpha value is -3.00. The minimum Gasteiger partial charge on any atom is -0.456 e. The molecule has 0 saturated carbocycles. The summed E-state index contributed by atoms with van der Waals surface area (Å²) in [6.45, 7) is 0. The normalized spacial score (nSPS) is 12.5. The van der Waals surface area contributed by atoms with Crippen LogP contribution >= 0.6 is 0 Å². The molecule has 3 aromatic carbocycles. The molecule has 2 heteroatoms. The van der Waals surface area contributed by atoms with Gasteiger partial charge in [0.05, 0.1) is 0 Å². The third-order valence-electron chi connectivity index (χ3n) is 3.84. The van der Waals surface area contributed by atoms with E-state index in [-0.39, 0.29) is 0 Å². The van der Waals surface area contributed by atoms with E-state index < -0.39 is 0 Å². The van der Waals surface area contributed by atoms with Crippen LogP contribution in [0.4, 0.5) is 5.69 Å². The van der Waals surface area contributed by atoms with Gasteiger partial charge >= 0.3 is 0 Å². The molecule has 0 aromatic heterocycles. The first-order chi connectivity index (χ1) is 10.8. The Morgan fingerprint density at radius 3 is 2.18 bits per heavy atom. The molecule has 0 radical (unpaired) electrons. The summed E-state index contributed by atoms with van der Waals surface area (Å²) in [5.41, 5.74) is 11.0. The third kappa shape index (κ3) is 2.15. The van der Waals surface area contributed by atoms with Crippen LogP contribution in [0.1, 0.15) is 16.7 Å². The van der Waals surface area contributed by atoms with Crippen LogP contribution in [-0.2, 0) is 0 Å². The van der Waals surface area contributed by atoms with Gasteiger partial charge < -0.3 is 10.5 Å². The maximum atomic E-state index is 6.10. The molecule has 22 heavy (non-hydrogen) atoms. The smallest absolute Gasteiger partial charge is 0.135 e. The van der Waals surface area contributed by atoms with Crippen molar-refractivity contribution in [3.8, 4) is 11.5 Å². The Kier molecular flexibility index (Phi) is 2.94. The van der Waals surface area contributed by atoms with Crippen molar-refractivity contribution in [3.63, 3.8) is 0 Å². The maximum Gasteiger partial charge on any atom is 0.135 e. The van der Waals surface area contributed by atoms with Crippen LogP contribution in [-0.4, -0.2) is 0 Å². The van der Waals surface area contributed by atoms with Crippen molar-refractivity contribution < 1.29 is 4.74 Å². The summed E-state index contributed by atoms with van der Waals surface area (Å²) >= 11 is 0. The van der Waals surface area contributed by atoms with E-state index in [4.69, 9.17) is 10.5 Å². The number of nitrogens with two attached hydrogens (primary N) is 1. The number of nitrogen functional groups attached to an aromatic ring is 1. The van der Waals surface area contributed by atoms with Gasteiger partial charge in [-0.15, -0.1) is 0 Å². The summed E-state index contributed by atoms with van der Waals surface area (Å²) < 4.78 is 6.10. The number of rotatable bonds is 1. The monoisotopic (exact) mass is 285 g/mol. The fourth-order valence-corrected chi connectivity index (χ4v) is 2.72. The quantitative estimate of drug-likeness (QED) is 0.501. The molecular weight excluding hydrogens is 270 g/mol. The first-order valence-electron chi connectivity index (χ1n) is 7.25. The molecule has 0 bridgehead atoms. The van der Waals surface area contributed by atoms with Gasteiger partial charge in [0.1, 0.15) is 11.5 Å². The van der Waals surface area contributed by atoms with Gasteiger partial charge in [-0.3, -0.25) is 0 Å². The van der Waals surface area contributed by atoms with Crippen LogP contribution < -0.4 is 10.5 Å². The van der Waals surface area contributed by atoms with E-state index in [9.17, 15) is 0 Å². The lowest BCUT2D eigenvalue weighted by Gasteiger charge is -2.11. The van der Waals surface area contributed by atoms with Crippen LogP contribution in [0.25, 0.3) is 11.6 Å². The Balaban J connectivity index is 1.98. The minimum atomic E-state index is 0.767. The van der Waals surface area contributed by atoms with Gasteiger partial charge in [0.25, 0.3) is 0 Å². The highest BCUT2D eigenvalue weighted by Gasteiger charge is 2.17. The maximum absolute atomic E-state index is 6.10. The molecule has 1 heterocycles. The zero-order valence-corrected chi connectivity index (χ0v) is 12.0. The Morgan fingerprint density at radius 2 is 1.36 bits per heavy atom. The van der Waals surface area contributed by atoms with E-state index in [2.05, 4.69) is 18.2 Å². The molecule has 0 spiro atoms. The molecule has 0 amide bonds. The van der Waals surface area contributed by atoms with Crippen molar-refractivity contribution in [1.29, 1.82) is 0 Å². The zero-order valence-electron chi connectivity index (χ0n) is 12.0. The van der Waals surface area contributed by atoms with E-state index >= 15 is 0 Å². The van der Waals surface area contributed by atoms with Crippen molar-refractivity contribution in [1.82, 2.24) is 0 Å². The lowest BCUT2D eigenvalue weighted by atomic mass is 9.95. The molecule has 1 aliphatic rings. The number of para-hydroxylation sites is 2. The Bertz CT molecular complexity index is 863. The van der Waals surface area contributed by atoms with Crippen molar-refractivity contribution in [2.45, 2.75) is 0 Å². The van der Waals surface area contributed by atoms with Gasteiger partial charge in [-0.2, -0.15) is 0 Å². The summed E-state index contributed by atoms with van der Waals surface area (Å²) in [6.07, 6.45) is 2.17. The van der Waals surface area contributed by atoms with Gasteiger partial charge in [-0.05, 0) is 41.5 Å². The highest BCUT2D eigenvalue weighted by atomic mass is 16.5. The molecule has 2 N–H and O–H groups in total. The van der Waals surface area contributed by atoms with Crippen molar-refractivity contribution in [2.75, 3.05) is 5.73 Å². The van der Waals surface area contributed by atoms with Gasteiger partial charge in [0.2, 0.25) is 0 Å². The highest BCUT2D eigenvalue weighted by Crippen LogP contribution is 2.40. The second-order valence-corrected chi connectivity index (χ2v) is 5.32. The number of anilines is 1. The van der Waals surface area contributed by atoms with E-state index in [1.807, 2.05) is 60.7 Å². The van der Waals surface area contributed by atoms with Crippen LogP contribution in [0.2, 0.25) is 0 Å². The first-order valence-corrected chi connectivity index (χ1v) is 7.25. The van der Waals surface area contributed by atoms with E-state index in [0.717, 1.165) is 39.4 Å². The summed E-state index contributed by atoms with van der Waals surface area (Å²) in [7, 11) is 0. The van der Waals surface area contributed by atoms with Gasteiger partial charge in [-0.1, -0.05) is 48.5 Å². The molecule has 0 aliphatic carbocycles. The topological polar surface area (TPSA) is 35.2 Å². The minimum absolute atomic E-state index is 0.767. The van der Waals surface area contributed by atoms with Crippen LogP contribution in [0, 0.1) is 0 Å². The van der Waals surface area contributed by atoms with Crippen molar-refractivity contribution in [2.24, 2.45) is 0 Å². The number of benzene rings is 3. The molecular formula is C20H15NO. The molecule has 4 rings (SSSR count). The average molecular weight is 285 g/mol. The van der Waals surface area contributed by atoms with Crippen LogP contribution in [0.3, 0.4) is 0 Å². The zero-order chi connectivity index (χ0) is 14.9. The number of hydrogen-bond donors (Lipinski definition) is 1. The van der Waals surface area contributed by atoms with Gasteiger partial charge in [0.15, 0.2) is 0 Å². The fourth-order valence-electron chi connectivity index (χ4n) is 2.72. The molecule has 106 valence electrons. The second kappa shape index (κ2) is 5.08. The summed E-state index contributed by atoms with van der Waals surface area (Å²) in [4.78, 5) is 0. The molecule has 0 unspecified atom stereocenters. The Labute approximate surface area is 129 Å². The van der Waals surface area contributed by atoms with Gasteiger partial charge in [-0.25, -0.2) is 0 Å². The standard InChI is InChI=1S/C20H15NO/c21-16-11-9-14(10-12-16)18-13-15-5-1-3-7-19(15)22-20-8-4-2-6-17(18)20/h1-13H,21H2. The van der Waals surface area contributed by atoms with Crippen molar-refractivity contribution in [3.05, 3.63) is 89.5 Å². The predicted octanol–water partition coefficient (Wildman–Crippen LogP) is 4.96. The number of hydrogen-bond acceptors (Lipinski definition) is 2. The van der Waals surface area contributed by atoms with E-state index in [1.54, 1.807) is 0 Å². The SMILES string of the molecule is Nc1ccc(C2=Cc3ccccc3Oc3ccccc32)cc1.